The van der Waals surface area contributed by atoms with E-state index in [-0.39, 0.29) is 5.78 Å². The number of hydrogen-bond acceptors (Lipinski definition) is 5. The van der Waals surface area contributed by atoms with Gasteiger partial charge in [0.05, 0.1) is 19.3 Å². The predicted molar refractivity (Wildman–Crippen MR) is 111 cm³/mol. The lowest BCUT2D eigenvalue weighted by Gasteiger charge is -2.14. The lowest BCUT2D eigenvalue weighted by molar-refractivity contribution is 0.0318. The van der Waals surface area contributed by atoms with Gasteiger partial charge in [0.1, 0.15) is 5.75 Å². The highest BCUT2D eigenvalue weighted by atomic mass is 16.5. The average molecular weight is 395 g/mol. The van der Waals surface area contributed by atoms with Crippen LogP contribution < -0.4 is 4.74 Å². The van der Waals surface area contributed by atoms with Crippen molar-refractivity contribution in [1.82, 2.24) is 4.98 Å². The van der Waals surface area contributed by atoms with Crippen LogP contribution in [0.4, 0.5) is 0 Å². The standard InChI is InChI=1S/C23H25NO5/c1-5-28-13-17-12-16(10-11-20(17)27-4)23(26)29-15(3)22(25)21-14(2)24-19-9-7-6-8-18(19)21/h6-12,15,24H,5,13H2,1-4H3/t15-/m1/s1. The smallest absolute Gasteiger partial charge is 0.338 e. The molecule has 0 amide bonds. The molecule has 0 saturated carbocycles. The number of ketones is 1. The van der Waals surface area contributed by atoms with Crippen molar-refractivity contribution in [2.45, 2.75) is 33.5 Å². The maximum atomic E-state index is 13.0. The van der Waals surface area contributed by atoms with Crippen LogP contribution in [0.3, 0.4) is 0 Å². The largest absolute Gasteiger partial charge is 0.496 e. The Bertz CT molecular complexity index is 1040. The number of nitrogens with one attached hydrogen (secondary N) is 1. The molecular weight excluding hydrogens is 370 g/mol. The number of benzene rings is 2. The van der Waals surface area contributed by atoms with Gasteiger partial charge < -0.3 is 19.2 Å². The number of H-pyrrole nitrogens is 1. The average Bonchev–Trinajstić information content (AvgIpc) is 3.06. The van der Waals surface area contributed by atoms with Crippen molar-refractivity contribution in [2.75, 3.05) is 13.7 Å². The summed E-state index contributed by atoms with van der Waals surface area (Å²) in [6.07, 6.45) is -0.919. The fourth-order valence-corrected chi connectivity index (χ4v) is 3.31. The Morgan fingerprint density at radius 1 is 1.14 bits per heavy atom. The van der Waals surface area contributed by atoms with Crippen molar-refractivity contribution >= 4 is 22.7 Å². The van der Waals surface area contributed by atoms with Gasteiger partial charge in [0.2, 0.25) is 5.78 Å². The lowest BCUT2D eigenvalue weighted by Crippen LogP contribution is -2.25. The first kappa shape index (κ1) is 20.6. The molecule has 1 atom stereocenters. The molecule has 3 aromatic rings. The number of ether oxygens (including phenoxy) is 3. The Labute approximate surface area is 169 Å². The lowest BCUT2D eigenvalue weighted by atomic mass is 10.0. The van der Waals surface area contributed by atoms with Gasteiger partial charge in [-0.05, 0) is 45.0 Å². The first-order chi connectivity index (χ1) is 14.0. The molecule has 152 valence electrons. The van der Waals surface area contributed by atoms with Crippen LogP contribution in [-0.4, -0.2) is 36.6 Å². The zero-order valence-electron chi connectivity index (χ0n) is 17.1. The van der Waals surface area contributed by atoms with Gasteiger partial charge in [-0.1, -0.05) is 18.2 Å². The van der Waals surface area contributed by atoms with Crippen LogP contribution in [0.25, 0.3) is 10.9 Å². The molecule has 2 aromatic carbocycles. The van der Waals surface area contributed by atoms with E-state index in [9.17, 15) is 9.59 Å². The van der Waals surface area contributed by atoms with Gasteiger partial charge in [0, 0.05) is 34.3 Å². The molecule has 0 aliphatic rings. The summed E-state index contributed by atoms with van der Waals surface area (Å²) >= 11 is 0. The van der Waals surface area contributed by atoms with E-state index in [0.717, 1.165) is 22.2 Å². The van der Waals surface area contributed by atoms with E-state index in [0.29, 0.717) is 30.1 Å². The molecule has 29 heavy (non-hydrogen) atoms. The molecule has 0 aliphatic carbocycles. The summed E-state index contributed by atoms with van der Waals surface area (Å²) in [5.74, 6) is -0.173. The summed E-state index contributed by atoms with van der Waals surface area (Å²) in [5, 5.41) is 0.821. The topological polar surface area (TPSA) is 77.6 Å². The number of methoxy groups -OCH3 is 1. The summed E-state index contributed by atoms with van der Waals surface area (Å²) < 4.78 is 16.2. The van der Waals surface area contributed by atoms with Gasteiger partial charge in [-0.2, -0.15) is 0 Å². The van der Waals surface area contributed by atoms with Crippen LogP contribution in [0.5, 0.6) is 5.75 Å². The maximum absolute atomic E-state index is 13.0. The molecule has 6 heteroatoms. The first-order valence-corrected chi connectivity index (χ1v) is 9.53. The molecule has 1 aromatic heterocycles. The second-order valence-corrected chi connectivity index (χ2v) is 6.75. The van der Waals surface area contributed by atoms with Crippen molar-refractivity contribution in [1.29, 1.82) is 0 Å². The van der Waals surface area contributed by atoms with Crippen LogP contribution in [0.2, 0.25) is 0 Å². The van der Waals surface area contributed by atoms with E-state index >= 15 is 0 Å². The molecule has 0 fully saturated rings. The zero-order valence-corrected chi connectivity index (χ0v) is 17.1. The van der Waals surface area contributed by atoms with Crippen molar-refractivity contribution in [3.05, 3.63) is 64.8 Å². The molecule has 0 radical (unpaired) electrons. The van der Waals surface area contributed by atoms with Gasteiger partial charge in [0.25, 0.3) is 0 Å². The third-order valence-electron chi connectivity index (χ3n) is 4.77. The van der Waals surface area contributed by atoms with Crippen LogP contribution >= 0.6 is 0 Å². The monoisotopic (exact) mass is 395 g/mol. The molecule has 0 spiro atoms. The van der Waals surface area contributed by atoms with Crippen LogP contribution in [0.1, 0.15) is 45.8 Å². The number of carbonyl (C=O) groups is 2. The van der Waals surface area contributed by atoms with Crippen molar-refractivity contribution in [3.8, 4) is 5.75 Å². The summed E-state index contributed by atoms with van der Waals surface area (Å²) in [6, 6.07) is 12.5. The second-order valence-electron chi connectivity index (χ2n) is 6.75. The summed E-state index contributed by atoms with van der Waals surface area (Å²) in [7, 11) is 1.56. The highest BCUT2D eigenvalue weighted by Gasteiger charge is 2.25. The molecule has 6 nitrogen and oxygen atoms in total. The Morgan fingerprint density at radius 2 is 1.90 bits per heavy atom. The number of rotatable bonds is 8. The fourth-order valence-electron chi connectivity index (χ4n) is 3.31. The SMILES string of the molecule is CCOCc1cc(C(=O)O[C@H](C)C(=O)c2c(C)[nH]c3ccccc23)ccc1OC. The number of fused-ring (bicyclic) bond motifs is 1. The predicted octanol–water partition coefficient (Wildman–Crippen LogP) is 4.45. The molecule has 1 N–H and O–H groups in total. The third-order valence-corrected chi connectivity index (χ3v) is 4.77. The first-order valence-electron chi connectivity index (χ1n) is 9.53. The highest BCUT2D eigenvalue weighted by molar-refractivity contribution is 6.11. The molecular formula is C23H25NO5. The fraction of sp³-hybridized carbons (Fsp3) is 0.304. The Hall–Kier alpha value is -3.12. The number of Topliss-reactive ketones (excluding diaryl/α,β-unsaturated/α-hetero) is 1. The second kappa shape index (κ2) is 8.92. The van der Waals surface area contributed by atoms with Gasteiger partial charge in [-0.3, -0.25) is 4.79 Å². The van der Waals surface area contributed by atoms with E-state index in [1.54, 1.807) is 32.2 Å². The molecule has 1 heterocycles. The molecule has 0 aliphatic heterocycles. The number of para-hydroxylation sites is 1. The van der Waals surface area contributed by atoms with E-state index in [1.807, 2.05) is 38.1 Å². The summed E-state index contributed by atoms with van der Waals surface area (Å²) in [6.45, 7) is 6.19. The van der Waals surface area contributed by atoms with E-state index in [2.05, 4.69) is 4.98 Å². The number of aryl methyl sites for hydroxylation is 1. The maximum Gasteiger partial charge on any atom is 0.338 e. The van der Waals surface area contributed by atoms with Crippen molar-refractivity contribution < 1.29 is 23.8 Å². The number of aromatic nitrogens is 1. The van der Waals surface area contributed by atoms with Crippen molar-refractivity contribution in [3.63, 3.8) is 0 Å². The normalized spacial score (nSPS) is 12.0. The Morgan fingerprint density at radius 3 is 2.62 bits per heavy atom. The van der Waals surface area contributed by atoms with Crippen molar-refractivity contribution in [2.24, 2.45) is 0 Å². The minimum Gasteiger partial charge on any atom is -0.496 e. The van der Waals surface area contributed by atoms with E-state index in [4.69, 9.17) is 14.2 Å². The molecule has 3 rings (SSSR count). The highest BCUT2D eigenvalue weighted by Crippen LogP contribution is 2.25. The summed E-state index contributed by atoms with van der Waals surface area (Å²) in [5.41, 5.74) is 3.27. The van der Waals surface area contributed by atoms with Crippen LogP contribution in [0, 0.1) is 6.92 Å². The minimum atomic E-state index is -0.919. The number of esters is 1. The van der Waals surface area contributed by atoms with Gasteiger partial charge in [-0.25, -0.2) is 4.79 Å². The van der Waals surface area contributed by atoms with E-state index in [1.165, 1.54) is 0 Å². The number of hydrogen-bond donors (Lipinski definition) is 1. The number of carbonyl (C=O) groups excluding carboxylic acids is 2. The van der Waals surface area contributed by atoms with E-state index < -0.39 is 12.1 Å². The zero-order chi connectivity index (χ0) is 21.0. The molecule has 0 bridgehead atoms. The molecule has 0 unspecified atom stereocenters. The van der Waals surface area contributed by atoms with Gasteiger partial charge in [-0.15, -0.1) is 0 Å². The minimum absolute atomic E-state index is 0.239. The van der Waals surface area contributed by atoms with Crippen LogP contribution in [-0.2, 0) is 16.1 Å². The quantitative estimate of drug-likeness (QED) is 0.450. The number of aromatic amines is 1. The van der Waals surface area contributed by atoms with Crippen LogP contribution in [0.15, 0.2) is 42.5 Å². The third kappa shape index (κ3) is 4.32. The molecule has 0 saturated heterocycles. The Kier molecular flexibility index (Phi) is 6.34. The van der Waals surface area contributed by atoms with Gasteiger partial charge in [0.15, 0.2) is 6.10 Å². The Balaban J connectivity index is 1.79. The van der Waals surface area contributed by atoms with Gasteiger partial charge >= 0.3 is 5.97 Å². The summed E-state index contributed by atoms with van der Waals surface area (Å²) in [4.78, 5) is 28.8.